The van der Waals surface area contributed by atoms with E-state index in [2.05, 4.69) is 15.9 Å². The Morgan fingerprint density at radius 2 is 2.20 bits per heavy atom. The predicted octanol–water partition coefficient (Wildman–Crippen LogP) is 2.20. The number of amides is 1. The van der Waals surface area contributed by atoms with Gasteiger partial charge in [0, 0.05) is 30.2 Å². The van der Waals surface area contributed by atoms with Gasteiger partial charge in [-0.15, -0.1) is 0 Å². The first kappa shape index (κ1) is 14.9. The number of carbonyl (C=O) groups is 1. The van der Waals surface area contributed by atoms with E-state index in [4.69, 9.17) is 0 Å². The van der Waals surface area contributed by atoms with E-state index in [0.717, 1.165) is 0 Å². The van der Waals surface area contributed by atoms with Crippen molar-refractivity contribution < 1.29 is 14.8 Å². The smallest absolute Gasteiger partial charge is 0.270 e. The van der Waals surface area contributed by atoms with E-state index in [9.17, 15) is 20.0 Å². The fourth-order valence-electron chi connectivity index (χ4n) is 2.32. The van der Waals surface area contributed by atoms with Crippen molar-refractivity contribution in [2.75, 3.05) is 13.6 Å². The third-order valence-corrected chi connectivity index (χ3v) is 4.17. The van der Waals surface area contributed by atoms with Gasteiger partial charge in [-0.05, 0) is 40.8 Å². The average Bonchev–Trinajstić information content (AvgIpc) is 2.36. The number of hydrogen-bond donors (Lipinski definition) is 1. The molecule has 2 rings (SSSR count). The number of hydrogen-bond acceptors (Lipinski definition) is 4. The second kappa shape index (κ2) is 5.88. The first-order valence-corrected chi connectivity index (χ1v) is 7.05. The molecule has 0 radical (unpaired) electrons. The van der Waals surface area contributed by atoms with Crippen LogP contribution in [0.3, 0.4) is 0 Å². The Balaban J connectivity index is 2.11. The quantitative estimate of drug-likeness (QED) is 0.671. The summed E-state index contributed by atoms with van der Waals surface area (Å²) >= 11 is 3.25. The number of non-ortho nitro benzene ring substituents is 1. The molecule has 1 amide bonds. The molecule has 0 heterocycles. The number of halogens is 1. The normalized spacial score (nSPS) is 21.1. The molecule has 6 nitrogen and oxygen atoms in total. The Kier molecular flexibility index (Phi) is 4.39. The van der Waals surface area contributed by atoms with Crippen molar-refractivity contribution in [3.05, 3.63) is 38.3 Å². The fourth-order valence-corrected chi connectivity index (χ4v) is 2.73. The largest absolute Gasteiger partial charge is 0.393 e. The van der Waals surface area contributed by atoms with Crippen LogP contribution in [0.4, 0.5) is 5.69 Å². The Hall–Kier alpha value is -1.47. The van der Waals surface area contributed by atoms with Gasteiger partial charge in [0.05, 0.1) is 16.6 Å². The van der Waals surface area contributed by atoms with Crippen LogP contribution >= 0.6 is 15.9 Å². The molecule has 108 valence electrons. The van der Waals surface area contributed by atoms with Gasteiger partial charge >= 0.3 is 0 Å². The molecule has 1 aliphatic carbocycles. The maximum Gasteiger partial charge on any atom is 0.270 e. The predicted molar refractivity (Wildman–Crippen MR) is 76.5 cm³/mol. The first-order valence-electron chi connectivity index (χ1n) is 6.26. The molecule has 0 unspecified atom stereocenters. The summed E-state index contributed by atoms with van der Waals surface area (Å²) in [5.41, 5.74) is 0.172. The van der Waals surface area contributed by atoms with Crippen molar-refractivity contribution in [3.8, 4) is 0 Å². The van der Waals surface area contributed by atoms with Gasteiger partial charge in [0.25, 0.3) is 11.6 Å². The minimum Gasteiger partial charge on any atom is -0.393 e. The Morgan fingerprint density at radius 3 is 2.75 bits per heavy atom. The summed E-state index contributed by atoms with van der Waals surface area (Å²) in [4.78, 5) is 24.1. The topological polar surface area (TPSA) is 83.7 Å². The lowest BCUT2D eigenvalue weighted by atomic mass is 9.82. The zero-order valence-electron chi connectivity index (χ0n) is 11.0. The molecular formula is C13H15BrN2O4. The van der Waals surface area contributed by atoms with Gasteiger partial charge in [0.15, 0.2) is 0 Å². The number of aliphatic hydroxyl groups excluding tert-OH is 1. The molecule has 1 aromatic rings. The standard InChI is InChI=1S/C13H15BrN2O4/c1-15(7-8-4-10(17)5-8)13(18)11-6-9(16(19)20)2-3-12(11)14/h2-3,6,8,10,17H,4-5,7H2,1H3. The highest BCUT2D eigenvalue weighted by Crippen LogP contribution is 2.29. The van der Waals surface area contributed by atoms with Crippen LogP contribution in [-0.2, 0) is 0 Å². The van der Waals surface area contributed by atoms with E-state index < -0.39 is 4.92 Å². The molecule has 20 heavy (non-hydrogen) atoms. The van der Waals surface area contributed by atoms with Gasteiger partial charge in [-0.25, -0.2) is 0 Å². The van der Waals surface area contributed by atoms with Gasteiger partial charge in [-0.3, -0.25) is 14.9 Å². The van der Waals surface area contributed by atoms with E-state index in [0.29, 0.717) is 29.8 Å². The van der Waals surface area contributed by atoms with Gasteiger partial charge < -0.3 is 10.0 Å². The lowest BCUT2D eigenvalue weighted by Gasteiger charge is -2.34. The summed E-state index contributed by atoms with van der Waals surface area (Å²) in [5.74, 6) is 0.0402. The third kappa shape index (κ3) is 3.16. The Bertz CT molecular complexity index is 543. The summed E-state index contributed by atoms with van der Waals surface area (Å²) < 4.78 is 0.536. The second-order valence-electron chi connectivity index (χ2n) is 5.10. The second-order valence-corrected chi connectivity index (χ2v) is 5.95. The highest BCUT2D eigenvalue weighted by atomic mass is 79.9. The lowest BCUT2D eigenvalue weighted by Crippen LogP contribution is -2.39. The molecular weight excluding hydrogens is 328 g/mol. The molecule has 0 saturated heterocycles. The zero-order valence-corrected chi connectivity index (χ0v) is 12.5. The van der Waals surface area contributed by atoms with Crippen LogP contribution in [0.25, 0.3) is 0 Å². The average molecular weight is 343 g/mol. The highest BCUT2D eigenvalue weighted by molar-refractivity contribution is 9.10. The number of nitro groups is 1. The maximum atomic E-state index is 12.3. The number of nitro benzene ring substituents is 1. The highest BCUT2D eigenvalue weighted by Gasteiger charge is 2.29. The molecule has 7 heteroatoms. The monoisotopic (exact) mass is 342 g/mol. The van der Waals surface area contributed by atoms with Crippen LogP contribution in [-0.4, -0.2) is 40.5 Å². The maximum absolute atomic E-state index is 12.3. The molecule has 0 aromatic heterocycles. The lowest BCUT2D eigenvalue weighted by molar-refractivity contribution is -0.384. The minimum absolute atomic E-state index is 0.107. The zero-order chi connectivity index (χ0) is 14.9. The van der Waals surface area contributed by atoms with E-state index in [-0.39, 0.29) is 23.3 Å². The van der Waals surface area contributed by atoms with E-state index in [1.165, 1.54) is 18.2 Å². The van der Waals surface area contributed by atoms with Crippen molar-refractivity contribution in [2.45, 2.75) is 18.9 Å². The van der Waals surface area contributed by atoms with Crippen molar-refractivity contribution >= 4 is 27.5 Å². The van der Waals surface area contributed by atoms with Crippen LogP contribution in [0.5, 0.6) is 0 Å². The van der Waals surface area contributed by atoms with Crippen LogP contribution in [0, 0.1) is 16.0 Å². The van der Waals surface area contributed by atoms with Gasteiger partial charge in [0.2, 0.25) is 0 Å². The summed E-state index contributed by atoms with van der Waals surface area (Å²) in [6.45, 7) is 0.547. The third-order valence-electron chi connectivity index (χ3n) is 3.48. The number of nitrogens with zero attached hydrogens (tertiary/aromatic N) is 2. The molecule has 1 aliphatic rings. The molecule has 1 saturated carbocycles. The van der Waals surface area contributed by atoms with Crippen LogP contribution in [0.1, 0.15) is 23.2 Å². The molecule has 0 spiro atoms. The summed E-state index contributed by atoms with van der Waals surface area (Å²) in [6.07, 6.45) is 1.15. The summed E-state index contributed by atoms with van der Waals surface area (Å²) in [5, 5.41) is 20.0. The molecule has 0 aliphatic heterocycles. The Labute approximate surface area is 124 Å². The van der Waals surface area contributed by atoms with Crippen molar-refractivity contribution in [2.24, 2.45) is 5.92 Å². The van der Waals surface area contributed by atoms with Gasteiger partial charge in [-0.2, -0.15) is 0 Å². The molecule has 0 atom stereocenters. The van der Waals surface area contributed by atoms with E-state index in [1.807, 2.05) is 0 Å². The molecule has 0 bridgehead atoms. The molecule has 1 N–H and O–H groups in total. The van der Waals surface area contributed by atoms with Crippen LogP contribution in [0.15, 0.2) is 22.7 Å². The SMILES string of the molecule is CN(CC1CC(O)C1)C(=O)c1cc([N+](=O)[O-])ccc1Br. The Morgan fingerprint density at radius 1 is 1.55 bits per heavy atom. The van der Waals surface area contributed by atoms with Gasteiger partial charge in [-0.1, -0.05) is 0 Å². The summed E-state index contributed by atoms with van der Waals surface area (Å²) in [7, 11) is 1.66. The molecule has 1 fully saturated rings. The van der Waals surface area contributed by atoms with Crippen molar-refractivity contribution in [1.29, 1.82) is 0 Å². The number of aliphatic hydroxyl groups is 1. The van der Waals surface area contributed by atoms with Crippen LogP contribution < -0.4 is 0 Å². The van der Waals surface area contributed by atoms with Crippen molar-refractivity contribution in [3.63, 3.8) is 0 Å². The number of carbonyl (C=O) groups excluding carboxylic acids is 1. The fraction of sp³-hybridized carbons (Fsp3) is 0.462. The van der Waals surface area contributed by atoms with Crippen molar-refractivity contribution in [1.82, 2.24) is 4.90 Å². The summed E-state index contributed by atoms with van der Waals surface area (Å²) in [6, 6.07) is 4.13. The van der Waals surface area contributed by atoms with Crippen LogP contribution in [0.2, 0.25) is 0 Å². The van der Waals surface area contributed by atoms with Gasteiger partial charge in [0.1, 0.15) is 0 Å². The molecule has 1 aromatic carbocycles. The number of benzene rings is 1. The number of rotatable bonds is 4. The minimum atomic E-state index is -0.522. The van der Waals surface area contributed by atoms with E-state index in [1.54, 1.807) is 11.9 Å². The van der Waals surface area contributed by atoms with E-state index >= 15 is 0 Å². The first-order chi connectivity index (χ1) is 9.38.